The maximum atomic E-state index is 12.9. The second kappa shape index (κ2) is 53.5. The molecule has 0 rings (SSSR count). The first kappa shape index (κ1) is 76.5. The van der Waals surface area contributed by atoms with E-state index in [1.165, 1.54) is 64.2 Å². The molecule has 0 heterocycles. The number of aliphatic hydroxyl groups excluding tert-OH is 1. The maximum Gasteiger partial charge on any atom is 0.472 e. The largest absolute Gasteiger partial charge is 0.472 e. The Bertz CT molecular complexity index is 1640. The summed E-state index contributed by atoms with van der Waals surface area (Å²) in [6.45, 7) is 6.94. The smallest absolute Gasteiger partial charge is 0.462 e. The normalized spacial score (nSPS) is 14.5. The molecule has 0 aliphatic heterocycles. The molecule has 0 radical (unpaired) electrons. The summed E-state index contributed by atoms with van der Waals surface area (Å²) in [5.74, 6) is -1.46. The van der Waals surface area contributed by atoms with E-state index in [1.54, 1.807) is 0 Å². The van der Waals surface area contributed by atoms with Crippen molar-refractivity contribution in [2.45, 2.75) is 291 Å². The van der Waals surface area contributed by atoms with Crippen molar-refractivity contribution in [3.05, 3.63) is 24.3 Å². The lowest BCUT2D eigenvalue weighted by molar-refractivity contribution is -0.161. The zero-order valence-electron chi connectivity index (χ0n) is 50.0. The number of hydrogen-bond donors (Lipinski definition) is 3. The maximum absolute atomic E-state index is 12.9. The summed E-state index contributed by atoms with van der Waals surface area (Å²) in [7, 11) is -9.88. The first-order chi connectivity index (χ1) is 38.0. The Morgan fingerprint density at radius 1 is 0.392 bits per heavy atom. The summed E-state index contributed by atoms with van der Waals surface area (Å²) < 4.78 is 67.5. The molecule has 464 valence electrons. The average Bonchev–Trinajstić information content (AvgIpc) is 3.41. The van der Waals surface area contributed by atoms with Crippen molar-refractivity contribution in [2.75, 3.05) is 39.6 Å². The Morgan fingerprint density at radius 2 is 0.684 bits per heavy atom. The number of aliphatic hydroxyl groups is 1. The molecule has 2 unspecified atom stereocenters. The Morgan fingerprint density at radius 3 is 1.04 bits per heavy atom. The van der Waals surface area contributed by atoms with Crippen LogP contribution in [0.5, 0.6) is 0 Å². The van der Waals surface area contributed by atoms with Gasteiger partial charge in [0.25, 0.3) is 0 Å². The third-order valence-electron chi connectivity index (χ3n) is 13.2. The van der Waals surface area contributed by atoms with Gasteiger partial charge in [0, 0.05) is 25.7 Å². The van der Waals surface area contributed by atoms with Gasteiger partial charge in [0.2, 0.25) is 0 Å². The highest BCUT2D eigenvalue weighted by Crippen LogP contribution is 2.45. The van der Waals surface area contributed by atoms with E-state index in [4.69, 9.17) is 37.0 Å². The first-order valence-electron chi connectivity index (χ1n) is 31.0. The highest BCUT2D eigenvalue weighted by atomic mass is 31.2. The Kier molecular flexibility index (Phi) is 51.9. The number of carbonyl (C=O) groups is 4. The number of phosphoric ester groups is 2. The Balaban J connectivity index is 5.21. The number of carbonyl (C=O) groups excluding carboxylic acids is 4. The molecule has 0 aliphatic carbocycles. The molecule has 0 amide bonds. The van der Waals surface area contributed by atoms with Gasteiger partial charge in [0.1, 0.15) is 19.3 Å². The SMILES string of the molecule is CCCCCC/C=C\C=C/CCCCCCCC(=O)O[C@H](COC(=O)CCCCCCCCCCC(C)C)COP(=O)(O)OC[C@@H](O)COP(=O)(O)OC[C@@H](COC(=O)CCCCCCC)OC(=O)CCCCCCCCCC. The van der Waals surface area contributed by atoms with Gasteiger partial charge in [-0.1, -0.05) is 219 Å². The monoisotopic (exact) mass is 1170 g/mol. The van der Waals surface area contributed by atoms with Crippen molar-refractivity contribution in [3.63, 3.8) is 0 Å². The summed E-state index contributed by atoms with van der Waals surface area (Å²) in [5.41, 5.74) is 0. The molecule has 79 heavy (non-hydrogen) atoms. The van der Waals surface area contributed by atoms with Crippen molar-refractivity contribution in [1.82, 2.24) is 0 Å². The first-order valence-corrected chi connectivity index (χ1v) is 33.9. The van der Waals surface area contributed by atoms with Crippen LogP contribution in [0.4, 0.5) is 0 Å². The fraction of sp³-hybridized carbons (Fsp3) is 0.867. The number of phosphoric acid groups is 2. The molecular formula is C60H112O17P2. The number of unbranched alkanes of at least 4 members (excludes halogenated alkanes) is 27. The van der Waals surface area contributed by atoms with E-state index in [0.717, 1.165) is 128 Å². The van der Waals surface area contributed by atoms with Gasteiger partial charge >= 0.3 is 39.5 Å². The Labute approximate surface area is 478 Å². The van der Waals surface area contributed by atoms with Crippen molar-refractivity contribution >= 4 is 39.5 Å². The summed E-state index contributed by atoms with van der Waals surface area (Å²) in [6, 6.07) is 0. The molecule has 0 fully saturated rings. The molecule has 0 aromatic carbocycles. The highest BCUT2D eigenvalue weighted by molar-refractivity contribution is 7.47. The van der Waals surface area contributed by atoms with Gasteiger partial charge in [0.15, 0.2) is 12.2 Å². The molecule has 0 aromatic heterocycles. The van der Waals surface area contributed by atoms with Crippen LogP contribution in [0, 0.1) is 5.92 Å². The van der Waals surface area contributed by atoms with Crippen LogP contribution in [-0.4, -0.2) is 96.7 Å². The van der Waals surface area contributed by atoms with Gasteiger partial charge < -0.3 is 33.8 Å². The molecule has 17 nitrogen and oxygen atoms in total. The summed E-state index contributed by atoms with van der Waals surface area (Å²) in [6.07, 6.45) is 38.9. The van der Waals surface area contributed by atoms with Crippen molar-refractivity contribution in [3.8, 4) is 0 Å². The fourth-order valence-corrected chi connectivity index (χ4v) is 9.91. The van der Waals surface area contributed by atoms with Gasteiger partial charge in [-0.15, -0.1) is 0 Å². The van der Waals surface area contributed by atoms with Crippen molar-refractivity contribution < 1.29 is 80.2 Å². The summed E-state index contributed by atoms with van der Waals surface area (Å²) >= 11 is 0. The Hall–Kier alpha value is -2.46. The van der Waals surface area contributed by atoms with E-state index < -0.39 is 97.5 Å². The van der Waals surface area contributed by atoms with Crippen LogP contribution in [0.2, 0.25) is 0 Å². The van der Waals surface area contributed by atoms with Gasteiger partial charge in [-0.05, 0) is 57.3 Å². The van der Waals surface area contributed by atoms with Crippen LogP contribution >= 0.6 is 15.6 Å². The van der Waals surface area contributed by atoms with E-state index in [1.807, 2.05) is 0 Å². The number of hydrogen-bond acceptors (Lipinski definition) is 15. The molecule has 0 aliphatic rings. The minimum atomic E-state index is -4.95. The lowest BCUT2D eigenvalue weighted by Gasteiger charge is -2.21. The topological polar surface area (TPSA) is 237 Å². The van der Waals surface area contributed by atoms with E-state index in [-0.39, 0.29) is 25.7 Å². The van der Waals surface area contributed by atoms with E-state index >= 15 is 0 Å². The van der Waals surface area contributed by atoms with E-state index in [2.05, 4.69) is 58.9 Å². The van der Waals surface area contributed by atoms with Gasteiger partial charge in [0.05, 0.1) is 26.4 Å². The van der Waals surface area contributed by atoms with E-state index in [0.29, 0.717) is 25.7 Å². The average molecular weight is 1170 g/mol. The fourth-order valence-electron chi connectivity index (χ4n) is 8.33. The molecule has 19 heteroatoms. The molecule has 0 saturated heterocycles. The molecule has 5 atom stereocenters. The van der Waals surface area contributed by atoms with Gasteiger partial charge in [-0.3, -0.25) is 37.3 Å². The predicted molar refractivity (Wildman–Crippen MR) is 312 cm³/mol. The molecule has 0 spiro atoms. The molecule has 0 saturated carbocycles. The second-order valence-electron chi connectivity index (χ2n) is 21.5. The van der Waals surface area contributed by atoms with Gasteiger partial charge in [-0.2, -0.15) is 0 Å². The quantitative estimate of drug-likeness (QED) is 0.0169. The molecular weight excluding hydrogens is 1050 g/mol. The number of allylic oxidation sites excluding steroid dienone is 4. The number of esters is 4. The zero-order chi connectivity index (χ0) is 58.5. The van der Waals surface area contributed by atoms with Crippen molar-refractivity contribution in [1.29, 1.82) is 0 Å². The van der Waals surface area contributed by atoms with Crippen LogP contribution in [0.15, 0.2) is 24.3 Å². The van der Waals surface area contributed by atoms with Crippen LogP contribution < -0.4 is 0 Å². The summed E-state index contributed by atoms with van der Waals surface area (Å²) in [4.78, 5) is 71.7. The summed E-state index contributed by atoms with van der Waals surface area (Å²) in [5, 5.41) is 10.5. The van der Waals surface area contributed by atoms with Gasteiger partial charge in [-0.25, -0.2) is 9.13 Å². The van der Waals surface area contributed by atoms with E-state index in [9.17, 15) is 43.2 Å². The third kappa shape index (κ3) is 54.5. The molecule has 3 N–H and O–H groups in total. The lowest BCUT2D eigenvalue weighted by Crippen LogP contribution is -2.30. The van der Waals surface area contributed by atoms with Crippen LogP contribution in [0.25, 0.3) is 0 Å². The lowest BCUT2D eigenvalue weighted by atomic mass is 10.0. The highest BCUT2D eigenvalue weighted by Gasteiger charge is 2.30. The van der Waals surface area contributed by atoms with Crippen LogP contribution in [-0.2, 0) is 65.4 Å². The van der Waals surface area contributed by atoms with Crippen LogP contribution in [0.3, 0.4) is 0 Å². The third-order valence-corrected chi connectivity index (χ3v) is 15.1. The molecule has 0 bridgehead atoms. The predicted octanol–water partition coefficient (Wildman–Crippen LogP) is 15.8. The molecule has 0 aromatic rings. The minimum absolute atomic E-state index is 0.0842. The van der Waals surface area contributed by atoms with Crippen molar-refractivity contribution in [2.24, 2.45) is 5.92 Å². The number of ether oxygens (including phenoxy) is 4. The number of rotatable bonds is 58. The zero-order valence-corrected chi connectivity index (χ0v) is 51.8. The minimum Gasteiger partial charge on any atom is -0.462 e. The standard InChI is InChI=1S/C60H112O17P2/c1-6-9-12-15-17-19-20-21-22-23-24-25-31-36-41-46-60(65)77-56(50-71-58(63)44-39-34-30-27-26-28-33-37-42-53(4)5)52-75-79(68,69)73-48-54(61)47-72-78(66,67)74-51-55(49-70-57(62)43-38-32-14-11-8-3)76-59(64)45-40-35-29-18-16-13-10-7-2/h19-22,53-56,61H,6-18,23-52H2,1-5H3,(H,66,67)(H,68,69)/b20-19-,22-21-/t54-,55+,56+/m0/s1. The second-order valence-corrected chi connectivity index (χ2v) is 24.4. The van der Waals surface area contributed by atoms with Crippen LogP contribution in [0.1, 0.15) is 272 Å².